The van der Waals surface area contributed by atoms with E-state index in [9.17, 15) is 4.79 Å². The Morgan fingerprint density at radius 3 is 2.84 bits per heavy atom. The molecular formula is C13H18BrN3O2. The van der Waals surface area contributed by atoms with Crippen LogP contribution in [0.4, 0.5) is 0 Å². The normalized spacial score (nSPS) is 11.4. The monoisotopic (exact) mass is 327 g/mol. The van der Waals surface area contributed by atoms with Crippen LogP contribution in [0.3, 0.4) is 0 Å². The molecule has 104 valence electrons. The Labute approximate surface area is 121 Å². The zero-order valence-corrected chi connectivity index (χ0v) is 12.4. The van der Waals surface area contributed by atoms with Crippen molar-refractivity contribution < 1.29 is 10.0 Å². The van der Waals surface area contributed by atoms with E-state index in [-0.39, 0.29) is 18.3 Å². The van der Waals surface area contributed by atoms with Crippen molar-refractivity contribution in [3.8, 4) is 0 Å². The van der Waals surface area contributed by atoms with Crippen molar-refractivity contribution in [2.75, 3.05) is 13.1 Å². The number of carbonyl (C=O) groups is 1. The number of rotatable bonds is 6. The van der Waals surface area contributed by atoms with E-state index in [4.69, 9.17) is 10.9 Å². The molecule has 0 aliphatic heterocycles. The summed E-state index contributed by atoms with van der Waals surface area (Å²) in [7, 11) is 0. The molecule has 1 amide bonds. The third kappa shape index (κ3) is 5.30. The Morgan fingerprint density at radius 2 is 2.26 bits per heavy atom. The summed E-state index contributed by atoms with van der Waals surface area (Å²) in [5.74, 6) is 0.00240. The van der Waals surface area contributed by atoms with Gasteiger partial charge in [-0.05, 0) is 24.1 Å². The minimum atomic E-state index is -0.0356. The predicted molar refractivity (Wildman–Crippen MR) is 78.1 cm³/mol. The molecule has 1 rings (SSSR count). The number of oxime groups is 1. The van der Waals surface area contributed by atoms with E-state index < -0.39 is 0 Å². The van der Waals surface area contributed by atoms with Gasteiger partial charge in [0.25, 0.3) is 0 Å². The topological polar surface area (TPSA) is 78.9 Å². The van der Waals surface area contributed by atoms with Crippen molar-refractivity contribution >= 4 is 27.7 Å². The van der Waals surface area contributed by atoms with Gasteiger partial charge in [0.05, 0.1) is 13.0 Å². The lowest BCUT2D eigenvalue weighted by Gasteiger charge is -2.21. The molecule has 0 saturated heterocycles. The van der Waals surface area contributed by atoms with Crippen molar-refractivity contribution in [1.82, 2.24) is 4.90 Å². The van der Waals surface area contributed by atoms with E-state index in [1.165, 1.54) is 0 Å². The minimum Gasteiger partial charge on any atom is -0.409 e. The van der Waals surface area contributed by atoms with Crippen molar-refractivity contribution in [3.05, 3.63) is 34.3 Å². The van der Waals surface area contributed by atoms with Gasteiger partial charge in [-0.1, -0.05) is 40.1 Å². The fourth-order valence-electron chi connectivity index (χ4n) is 1.72. The molecule has 0 radical (unpaired) electrons. The molecule has 0 unspecified atom stereocenters. The molecule has 0 aliphatic rings. The predicted octanol–water partition coefficient (Wildman–Crippen LogP) is 1.98. The van der Waals surface area contributed by atoms with Crippen molar-refractivity contribution in [2.45, 2.75) is 19.8 Å². The SMILES string of the molecule is CCCN(CC(N)=NO)C(=O)Cc1cccc(Br)c1. The Kier molecular flexibility index (Phi) is 6.35. The number of amides is 1. The quantitative estimate of drug-likeness (QED) is 0.363. The van der Waals surface area contributed by atoms with Crippen molar-refractivity contribution in [2.24, 2.45) is 10.9 Å². The summed E-state index contributed by atoms with van der Waals surface area (Å²) < 4.78 is 0.941. The zero-order valence-electron chi connectivity index (χ0n) is 10.8. The van der Waals surface area contributed by atoms with E-state index in [1.807, 2.05) is 31.2 Å². The summed E-state index contributed by atoms with van der Waals surface area (Å²) >= 11 is 3.37. The number of benzene rings is 1. The van der Waals surface area contributed by atoms with Crippen LogP contribution in [0.25, 0.3) is 0 Å². The first kappa shape index (κ1) is 15.5. The van der Waals surface area contributed by atoms with Crippen LogP contribution in [0, 0.1) is 0 Å². The first-order valence-electron chi connectivity index (χ1n) is 6.05. The lowest BCUT2D eigenvalue weighted by molar-refractivity contribution is -0.129. The molecule has 0 bridgehead atoms. The molecule has 6 heteroatoms. The molecule has 1 aromatic carbocycles. The van der Waals surface area contributed by atoms with Crippen LogP contribution in [-0.2, 0) is 11.2 Å². The van der Waals surface area contributed by atoms with Crippen LogP contribution in [0.1, 0.15) is 18.9 Å². The molecule has 0 heterocycles. The number of nitrogens with two attached hydrogens (primary N) is 1. The summed E-state index contributed by atoms with van der Waals surface area (Å²) in [6, 6.07) is 7.61. The maximum Gasteiger partial charge on any atom is 0.227 e. The molecule has 0 saturated carbocycles. The second-order valence-electron chi connectivity index (χ2n) is 4.21. The first-order chi connectivity index (χ1) is 9.06. The summed E-state index contributed by atoms with van der Waals surface area (Å²) in [5, 5.41) is 11.5. The number of halogens is 1. The molecular weight excluding hydrogens is 310 g/mol. The second-order valence-corrected chi connectivity index (χ2v) is 5.13. The van der Waals surface area contributed by atoms with Crippen LogP contribution in [0.2, 0.25) is 0 Å². The van der Waals surface area contributed by atoms with E-state index in [0.29, 0.717) is 13.0 Å². The fourth-order valence-corrected chi connectivity index (χ4v) is 2.17. The van der Waals surface area contributed by atoms with Crippen molar-refractivity contribution in [1.29, 1.82) is 0 Å². The Bertz CT molecular complexity index is 463. The number of hydrogen-bond acceptors (Lipinski definition) is 3. The average molecular weight is 328 g/mol. The van der Waals surface area contributed by atoms with Crippen LogP contribution < -0.4 is 5.73 Å². The van der Waals surface area contributed by atoms with Crippen LogP contribution in [-0.4, -0.2) is 34.9 Å². The summed E-state index contributed by atoms with van der Waals surface area (Å²) in [5.41, 5.74) is 6.39. The Morgan fingerprint density at radius 1 is 1.53 bits per heavy atom. The highest BCUT2D eigenvalue weighted by molar-refractivity contribution is 9.10. The average Bonchev–Trinajstić information content (AvgIpc) is 2.38. The van der Waals surface area contributed by atoms with Gasteiger partial charge in [0.1, 0.15) is 0 Å². The van der Waals surface area contributed by atoms with E-state index >= 15 is 0 Å². The highest BCUT2D eigenvalue weighted by Gasteiger charge is 2.14. The molecule has 1 aromatic rings. The van der Waals surface area contributed by atoms with Gasteiger partial charge in [-0.2, -0.15) is 0 Å². The molecule has 0 fully saturated rings. The highest BCUT2D eigenvalue weighted by Crippen LogP contribution is 2.13. The smallest absolute Gasteiger partial charge is 0.227 e. The number of nitrogens with zero attached hydrogens (tertiary/aromatic N) is 2. The van der Waals surface area contributed by atoms with E-state index in [2.05, 4.69) is 21.1 Å². The van der Waals surface area contributed by atoms with Crippen LogP contribution in [0.5, 0.6) is 0 Å². The van der Waals surface area contributed by atoms with Gasteiger partial charge in [-0.3, -0.25) is 4.79 Å². The van der Waals surface area contributed by atoms with Gasteiger partial charge in [0.2, 0.25) is 5.91 Å². The van der Waals surface area contributed by atoms with Crippen LogP contribution in [0.15, 0.2) is 33.9 Å². The van der Waals surface area contributed by atoms with E-state index in [0.717, 1.165) is 16.5 Å². The van der Waals surface area contributed by atoms with Gasteiger partial charge >= 0.3 is 0 Å². The van der Waals surface area contributed by atoms with Gasteiger partial charge in [-0.25, -0.2) is 0 Å². The highest BCUT2D eigenvalue weighted by atomic mass is 79.9. The van der Waals surface area contributed by atoms with E-state index in [1.54, 1.807) is 4.90 Å². The lowest BCUT2D eigenvalue weighted by atomic mass is 10.1. The van der Waals surface area contributed by atoms with Crippen molar-refractivity contribution in [3.63, 3.8) is 0 Å². The largest absolute Gasteiger partial charge is 0.409 e. The molecule has 3 N–H and O–H groups in total. The number of carbonyl (C=O) groups excluding carboxylic acids is 1. The fraction of sp³-hybridized carbons (Fsp3) is 0.385. The molecule has 0 atom stereocenters. The van der Waals surface area contributed by atoms with Gasteiger partial charge in [0.15, 0.2) is 5.84 Å². The third-order valence-electron chi connectivity index (χ3n) is 2.57. The standard InChI is InChI=1S/C13H18BrN3O2/c1-2-6-17(9-12(15)16-19)13(18)8-10-4-3-5-11(14)7-10/h3-5,7,19H,2,6,8-9H2,1H3,(H2,15,16). The summed E-state index contributed by atoms with van der Waals surface area (Å²) in [6.45, 7) is 2.71. The molecule has 0 spiro atoms. The molecule has 0 aliphatic carbocycles. The molecule has 5 nitrogen and oxygen atoms in total. The number of amidine groups is 1. The van der Waals surface area contributed by atoms with Crippen LogP contribution >= 0.6 is 15.9 Å². The van der Waals surface area contributed by atoms with Gasteiger partial charge in [0, 0.05) is 11.0 Å². The number of hydrogen-bond donors (Lipinski definition) is 2. The Balaban J connectivity index is 2.71. The summed E-state index contributed by atoms with van der Waals surface area (Å²) in [4.78, 5) is 13.8. The lowest BCUT2D eigenvalue weighted by Crippen LogP contribution is -2.39. The van der Waals surface area contributed by atoms with Gasteiger partial charge < -0.3 is 15.8 Å². The minimum absolute atomic E-state index is 0.0356. The summed E-state index contributed by atoms with van der Waals surface area (Å²) in [6.07, 6.45) is 1.13. The van der Waals surface area contributed by atoms with Gasteiger partial charge in [-0.15, -0.1) is 0 Å². The Hall–Kier alpha value is -1.56. The first-order valence-corrected chi connectivity index (χ1v) is 6.84. The molecule has 0 aromatic heterocycles. The maximum atomic E-state index is 12.2. The second kappa shape index (κ2) is 7.78. The zero-order chi connectivity index (χ0) is 14.3. The maximum absolute atomic E-state index is 12.2. The third-order valence-corrected chi connectivity index (χ3v) is 3.07. The molecule has 19 heavy (non-hydrogen) atoms.